The van der Waals surface area contributed by atoms with E-state index in [-0.39, 0.29) is 11.7 Å². The van der Waals surface area contributed by atoms with Crippen LogP contribution in [0.15, 0.2) is 22.8 Å². The van der Waals surface area contributed by atoms with Gasteiger partial charge in [-0.15, -0.1) is 0 Å². The van der Waals surface area contributed by atoms with Crippen molar-refractivity contribution in [3.05, 3.63) is 22.8 Å². The van der Waals surface area contributed by atoms with Gasteiger partial charge in [0.05, 0.1) is 17.8 Å². The van der Waals surface area contributed by atoms with Gasteiger partial charge in [0.1, 0.15) is 0 Å². The number of aliphatic hydroxyl groups excluding tert-OH is 1. The molecule has 0 aromatic heterocycles. The number of rotatable bonds is 0. The lowest BCUT2D eigenvalue weighted by atomic mass is 9.56. The number of fused-ring (bicyclic) bond motifs is 6. The first kappa shape index (κ1) is 20.0. The Morgan fingerprint density at radius 2 is 2.00 bits per heavy atom. The molecule has 6 aliphatic rings. The van der Waals surface area contributed by atoms with Gasteiger partial charge in [0.15, 0.2) is 0 Å². The van der Waals surface area contributed by atoms with Crippen LogP contribution >= 0.6 is 0 Å². The van der Waals surface area contributed by atoms with Crippen LogP contribution in [0.1, 0.15) is 79.1 Å². The van der Waals surface area contributed by atoms with Crippen molar-refractivity contribution in [1.29, 1.82) is 0 Å². The third-order valence-corrected chi connectivity index (χ3v) is 10.9. The fourth-order valence-corrected chi connectivity index (χ4v) is 9.09. The zero-order valence-electron chi connectivity index (χ0n) is 19.4. The minimum Gasteiger partial charge on any atom is -0.393 e. The first-order valence-corrected chi connectivity index (χ1v) is 12.8. The fraction of sp³-hybridized carbons (Fsp3) is 0.852. The molecule has 0 aromatic carbocycles. The summed E-state index contributed by atoms with van der Waals surface area (Å²) in [5.41, 5.74) is 5.25. The molecule has 2 aliphatic heterocycles. The van der Waals surface area contributed by atoms with E-state index in [1.54, 1.807) is 16.7 Å². The van der Waals surface area contributed by atoms with Crippen LogP contribution in [0.25, 0.3) is 0 Å². The second-order valence-corrected chi connectivity index (χ2v) is 12.2. The van der Waals surface area contributed by atoms with Crippen LogP contribution in [-0.4, -0.2) is 35.5 Å². The quantitative estimate of drug-likeness (QED) is 0.551. The van der Waals surface area contributed by atoms with Crippen LogP contribution < -0.4 is 5.32 Å². The van der Waals surface area contributed by atoms with Crippen molar-refractivity contribution in [1.82, 2.24) is 5.32 Å². The van der Waals surface area contributed by atoms with Crippen molar-refractivity contribution in [3.63, 3.8) is 0 Å². The minimum absolute atomic E-state index is 0.0222. The van der Waals surface area contributed by atoms with Gasteiger partial charge in [-0.05, 0) is 99.5 Å². The Morgan fingerprint density at radius 1 is 1.17 bits per heavy atom. The van der Waals surface area contributed by atoms with Crippen molar-refractivity contribution >= 4 is 0 Å². The molecular formula is C27H41NO2. The predicted molar refractivity (Wildman–Crippen MR) is 120 cm³/mol. The molecule has 1 unspecified atom stereocenters. The monoisotopic (exact) mass is 411 g/mol. The number of allylic oxidation sites excluding steroid dienone is 2. The molecule has 6 rings (SSSR count). The summed E-state index contributed by atoms with van der Waals surface area (Å²) in [7, 11) is 0. The molecule has 30 heavy (non-hydrogen) atoms. The molecule has 4 fully saturated rings. The molecule has 0 aromatic rings. The molecule has 2 saturated carbocycles. The first-order chi connectivity index (χ1) is 14.3. The molecule has 1 spiro atoms. The average Bonchev–Trinajstić information content (AvgIpc) is 3.23. The van der Waals surface area contributed by atoms with Crippen LogP contribution in [0.3, 0.4) is 0 Å². The molecule has 0 bridgehead atoms. The minimum atomic E-state index is -0.111. The highest BCUT2D eigenvalue weighted by atomic mass is 16.5. The number of hydrogen-bond donors (Lipinski definition) is 2. The highest BCUT2D eigenvalue weighted by molar-refractivity contribution is 5.38. The Kier molecular flexibility index (Phi) is 4.46. The fourth-order valence-electron chi connectivity index (χ4n) is 9.09. The first-order valence-electron chi connectivity index (χ1n) is 12.8. The van der Waals surface area contributed by atoms with Gasteiger partial charge in [0, 0.05) is 12.0 Å². The van der Waals surface area contributed by atoms with Gasteiger partial charge < -0.3 is 15.2 Å². The van der Waals surface area contributed by atoms with E-state index in [0.717, 1.165) is 43.1 Å². The van der Waals surface area contributed by atoms with Crippen molar-refractivity contribution in [3.8, 4) is 0 Å². The largest absolute Gasteiger partial charge is 0.393 e. The summed E-state index contributed by atoms with van der Waals surface area (Å²) in [4.78, 5) is 0. The maximum absolute atomic E-state index is 10.3. The number of piperidine rings is 1. The highest BCUT2D eigenvalue weighted by Crippen LogP contribution is 2.65. The summed E-state index contributed by atoms with van der Waals surface area (Å²) >= 11 is 0. The number of hydrogen-bond acceptors (Lipinski definition) is 3. The second kappa shape index (κ2) is 6.68. The van der Waals surface area contributed by atoms with Crippen molar-refractivity contribution < 1.29 is 9.84 Å². The lowest BCUT2D eigenvalue weighted by molar-refractivity contribution is -0.0549. The van der Waals surface area contributed by atoms with Crippen molar-refractivity contribution in [2.75, 3.05) is 6.54 Å². The number of nitrogens with one attached hydrogen (secondary N) is 1. The van der Waals surface area contributed by atoms with Gasteiger partial charge in [0.25, 0.3) is 0 Å². The molecule has 2 heterocycles. The Bertz CT molecular complexity index is 801. The Morgan fingerprint density at radius 3 is 2.83 bits per heavy atom. The zero-order valence-corrected chi connectivity index (χ0v) is 19.4. The number of aliphatic hydroxyl groups is 1. The zero-order chi connectivity index (χ0) is 20.8. The van der Waals surface area contributed by atoms with Gasteiger partial charge in [-0.2, -0.15) is 0 Å². The van der Waals surface area contributed by atoms with Crippen LogP contribution in [0.2, 0.25) is 0 Å². The summed E-state index contributed by atoms with van der Waals surface area (Å²) < 4.78 is 7.03. The molecule has 3 heteroatoms. The standard InChI is InChI=1S/C27H41NO2/c1-15-11-24-25(28-14-15)17(3)27(30-24)10-8-20-21-6-5-18-12-19(29)7-9-26(18,4)23(21)13-22(20)16(27)2/h5,15,17,19-21,23-25,28-29H,6-14H2,1-4H3/t15-,17?,19-,20-,21-,23-,24+,25+,26-,27-/m0/s1. The molecule has 2 saturated heterocycles. The summed E-state index contributed by atoms with van der Waals surface area (Å²) in [6.45, 7) is 10.9. The van der Waals surface area contributed by atoms with E-state index >= 15 is 0 Å². The van der Waals surface area contributed by atoms with E-state index in [0.29, 0.717) is 23.5 Å². The van der Waals surface area contributed by atoms with Gasteiger partial charge in [-0.1, -0.05) is 38.0 Å². The molecule has 0 amide bonds. The van der Waals surface area contributed by atoms with Gasteiger partial charge in [0.2, 0.25) is 0 Å². The average molecular weight is 412 g/mol. The molecular weight excluding hydrogens is 370 g/mol. The van der Waals surface area contributed by atoms with Crippen molar-refractivity contribution in [2.45, 2.75) is 103 Å². The lowest BCUT2D eigenvalue weighted by Crippen LogP contribution is -2.49. The second-order valence-electron chi connectivity index (χ2n) is 12.2. The van der Waals surface area contributed by atoms with Crippen LogP contribution in [0.5, 0.6) is 0 Å². The molecule has 2 N–H and O–H groups in total. The Balaban J connectivity index is 1.34. The molecule has 3 nitrogen and oxygen atoms in total. The summed E-state index contributed by atoms with van der Waals surface area (Å²) in [6, 6.07) is 0.530. The summed E-state index contributed by atoms with van der Waals surface area (Å²) in [6.07, 6.45) is 12.2. The Labute approximate surface area is 182 Å². The molecule has 166 valence electrons. The third-order valence-electron chi connectivity index (χ3n) is 10.9. The Hall–Kier alpha value is -0.640. The summed E-state index contributed by atoms with van der Waals surface area (Å²) in [5, 5.41) is 14.1. The van der Waals surface area contributed by atoms with E-state index in [9.17, 15) is 5.11 Å². The molecule has 4 aliphatic carbocycles. The molecule has 10 atom stereocenters. The van der Waals surface area contributed by atoms with E-state index in [2.05, 4.69) is 39.1 Å². The smallest absolute Gasteiger partial charge is 0.0937 e. The lowest BCUT2D eigenvalue weighted by Gasteiger charge is -2.49. The van der Waals surface area contributed by atoms with E-state index < -0.39 is 0 Å². The van der Waals surface area contributed by atoms with Gasteiger partial charge >= 0.3 is 0 Å². The van der Waals surface area contributed by atoms with E-state index in [1.165, 1.54) is 38.5 Å². The van der Waals surface area contributed by atoms with Gasteiger partial charge in [-0.25, -0.2) is 0 Å². The maximum atomic E-state index is 10.3. The van der Waals surface area contributed by atoms with E-state index in [4.69, 9.17) is 4.74 Å². The predicted octanol–water partition coefficient (Wildman–Crippen LogP) is 5.00. The highest BCUT2D eigenvalue weighted by Gasteiger charge is 2.60. The normalized spacial score (nSPS) is 55.0. The van der Waals surface area contributed by atoms with Gasteiger partial charge in [-0.3, -0.25) is 0 Å². The topological polar surface area (TPSA) is 41.5 Å². The van der Waals surface area contributed by atoms with E-state index in [1.807, 2.05) is 0 Å². The maximum Gasteiger partial charge on any atom is 0.0937 e. The molecule has 0 radical (unpaired) electrons. The third kappa shape index (κ3) is 2.55. The SMILES string of the molecule is CC1=C2C[C@H]3[C@@H](CC=C4C[C@@H](O)CC[C@@]43C)[C@@H]2CC[C@]12O[C@@H]1C[C@H](C)CN[C@@H]1C2C. The summed E-state index contributed by atoms with van der Waals surface area (Å²) in [5.74, 6) is 3.64. The van der Waals surface area contributed by atoms with Crippen LogP contribution in [0.4, 0.5) is 0 Å². The van der Waals surface area contributed by atoms with Crippen molar-refractivity contribution in [2.24, 2.45) is 35.0 Å². The number of ether oxygens (including phenoxy) is 1. The van der Waals surface area contributed by atoms with Crippen LogP contribution in [-0.2, 0) is 4.74 Å². The van der Waals surface area contributed by atoms with Crippen LogP contribution in [0, 0.1) is 35.0 Å².